The molecule has 0 saturated heterocycles. The van der Waals surface area contributed by atoms with Gasteiger partial charge in [0.1, 0.15) is 0 Å². The zero-order valence-corrected chi connectivity index (χ0v) is 15.3. The Morgan fingerprint density at radius 3 is 2.63 bits per heavy atom. The van der Waals surface area contributed by atoms with Crippen molar-refractivity contribution in [1.82, 2.24) is 0 Å². The molecule has 0 aliphatic heterocycles. The molecule has 0 aromatic heterocycles. The summed E-state index contributed by atoms with van der Waals surface area (Å²) in [5.41, 5.74) is 2.23. The minimum atomic E-state index is -1.43. The topological polar surface area (TPSA) is 9.23 Å². The SMILES string of the molecule is C[Si](C)(C)O[C@@]12CCC[C@]1(Cc1ccccc1I)C2. The van der Waals surface area contributed by atoms with Crippen molar-refractivity contribution in [2.45, 2.75) is 57.3 Å². The summed E-state index contributed by atoms with van der Waals surface area (Å²) >= 11 is 2.47. The molecular formula is C16H23IOSi. The van der Waals surface area contributed by atoms with Crippen molar-refractivity contribution in [3.05, 3.63) is 33.4 Å². The van der Waals surface area contributed by atoms with Gasteiger partial charge in [-0.05, 0) is 86.0 Å². The molecule has 3 rings (SSSR count). The Balaban J connectivity index is 1.80. The van der Waals surface area contributed by atoms with Gasteiger partial charge >= 0.3 is 0 Å². The predicted molar refractivity (Wildman–Crippen MR) is 90.9 cm³/mol. The molecule has 2 fully saturated rings. The second kappa shape index (κ2) is 4.57. The number of rotatable bonds is 4. The van der Waals surface area contributed by atoms with Crippen LogP contribution in [0.2, 0.25) is 19.6 Å². The Bertz CT molecular complexity index is 496. The minimum absolute atomic E-state index is 0.246. The van der Waals surface area contributed by atoms with E-state index >= 15 is 0 Å². The first-order valence-corrected chi connectivity index (χ1v) is 11.8. The van der Waals surface area contributed by atoms with Gasteiger partial charge in [0, 0.05) is 8.99 Å². The highest BCUT2D eigenvalue weighted by molar-refractivity contribution is 14.1. The van der Waals surface area contributed by atoms with E-state index in [0.29, 0.717) is 5.41 Å². The number of hydrogen-bond acceptors (Lipinski definition) is 1. The van der Waals surface area contributed by atoms with E-state index < -0.39 is 8.32 Å². The number of benzene rings is 1. The van der Waals surface area contributed by atoms with Gasteiger partial charge in [0.15, 0.2) is 8.32 Å². The number of halogens is 1. The van der Waals surface area contributed by atoms with E-state index in [1.165, 1.54) is 41.2 Å². The summed E-state index contributed by atoms with van der Waals surface area (Å²) in [4.78, 5) is 0. The summed E-state index contributed by atoms with van der Waals surface area (Å²) in [7, 11) is -1.43. The van der Waals surface area contributed by atoms with Gasteiger partial charge in [-0.2, -0.15) is 0 Å². The average Bonchev–Trinajstić information content (AvgIpc) is 2.74. The maximum Gasteiger partial charge on any atom is 0.184 e. The van der Waals surface area contributed by atoms with Gasteiger partial charge in [0.05, 0.1) is 5.60 Å². The van der Waals surface area contributed by atoms with Gasteiger partial charge in [-0.25, -0.2) is 0 Å². The highest BCUT2D eigenvalue weighted by atomic mass is 127. The Morgan fingerprint density at radius 2 is 1.95 bits per heavy atom. The molecule has 1 nitrogen and oxygen atoms in total. The fraction of sp³-hybridized carbons (Fsp3) is 0.625. The Labute approximate surface area is 131 Å². The second-order valence-corrected chi connectivity index (χ2v) is 12.9. The maximum absolute atomic E-state index is 6.61. The molecule has 1 aromatic carbocycles. The third kappa shape index (κ3) is 2.53. The summed E-state index contributed by atoms with van der Waals surface area (Å²) in [6.07, 6.45) is 6.53. The van der Waals surface area contributed by atoms with Crippen LogP contribution in [0.3, 0.4) is 0 Å². The zero-order valence-electron chi connectivity index (χ0n) is 12.1. The lowest BCUT2D eigenvalue weighted by Crippen LogP contribution is -2.35. The van der Waals surface area contributed by atoms with Gasteiger partial charge in [-0.15, -0.1) is 0 Å². The molecule has 104 valence electrons. The molecule has 0 heterocycles. The molecular weight excluding hydrogens is 363 g/mol. The molecule has 0 spiro atoms. The van der Waals surface area contributed by atoms with Gasteiger partial charge in [-0.3, -0.25) is 0 Å². The number of fused-ring (bicyclic) bond motifs is 1. The monoisotopic (exact) mass is 386 g/mol. The lowest BCUT2D eigenvalue weighted by atomic mass is 9.93. The molecule has 0 unspecified atom stereocenters. The van der Waals surface area contributed by atoms with Crippen LogP contribution in [-0.4, -0.2) is 13.9 Å². The Hall–Kier alpha value is 0.127. The van der Waals surface area contributed by atoms with E-state index in [4.69, 9.17) is 4.43 Å². The highest BCUT2D eigenvalue weighted by Crippen LogP contribution is 2.70. The van der Waals surface area contributed by atoms with Gasteiger partial charge in [0.25, 0.3) is 0 Å². The molecule has 2 aliphatic rings. The normalized spacial score (nSPS) is 33.3. The highest BCUT2D eigenvalue weighted by Gasteiger charge is 2.71. The molecule has 2 aliphatic carbocycles. The molecule has 2 atom stereocenters. The molecule has 19 heavy (non-hydrogen) atoms. The van der Waals surface area contributed by atoms with Gasteiger partial charge in [0.2, 0.25) is 0 Å². The number of hydrogen-bond donors (Lipinski definition) is 0. The van der Waals surface area contributed by atoms with Crippen LogP contribution in [0.25, 0.3) is 0 Å². The summed E-state index contributed by atoms with van der Waals surface area (Å²) in [5.74, 6) is 0. The maximum atomic E-state index is 6.61. The summed E-state index contributed by atoms with van der Waals surface area (Å²) in [6, 6.07) is 8.83. The van der Waals surface area contributed by atoms with Crippen molar-refractivity contribution in [2.75, 3.05) is 0 Å². The van der Waals surface area contributed by atoms with E-state index in [2.05, 4.69) is 66.5 Å². The molecule has 1 aromatic rings. The van der Waals surface area contributed by atoms with E-state index in [9.17, 15) is 0 Å². The molecule has 2 saturated carbocycles. The van der Waals surface area contributed by atoms with Crippen LogP contribution in [0.15, 0.2) is 24.3 Å². The molecule has 0 N–H and O–H groups in total. The van der Waals surface area contributed by atoms with Crippen LogP contribution in [0, 0.1) is 8.99 Å². The van der Waals surface area contributed by atoms with Crippen molar-refractivity contribution in [1.29, 1.82) is 0 Å². The second-order valence-electron chi connectivity index (χ2n) is 7.29. The lowest BCUT2D eigenvalue weighted by molar-refractivity contribution is 0.137. The fourth-order valence-corrected chi connectivity index (χ4v) is 6.13. The Kier molecular flexibility index (Phi) is 3.38. The predicted octanol–water partition coefficient (Wildman–Crippen LogP) is 5.00. The van der Waals surface area contributed by atoms with Crippen LogP contribution in [0.4, 0.5) is 0 Å². The van der Waals surface area contributed by atoms with E-state index in [1.54, 1.807) is 0 Å². The first-order chi connectivity index (χ1) is 8.86. The van der Waals surface area contributed by atoms with E-state index in [-0.39, 0.29) is 5.60 Å². The standard InChI is InChI=1S/C16H23IOSi/c1-19(2,3)18-16-10-6-9-15(16,12-16)11-13-7-4-5-8-14(13)17/h4-5,7-8H,6,9-12H2,1-3H3/t15-,16+/m0/s1. The summed E-state index contributed by atoms with van der Waals surface area (Å²) in [6.45, 7) is 6.99. The first-order valence-electron chi connectivity index (χ1n) is 7.30. The van der Waals surface area contributed by atoms with Crippen molar-refractivity contribution < 1.29 is 4.43 Å². The fourth-order valence-electron chi connectivity index (χ4n) is 3.98. The lowest BCUT2D eigenvalue weighted by Gasteiger charge is -2.28. The summed E-state index contributed by atoms with van der Waals surface area (Å²) < 4.78 is 8.02. The van der Waals surface area contributed by atoms with E-state index in [1.807, 2.05) is 0 Å². The van der Waals surface area contributed by atoms with Crippen LogP contribution >= 0.6 is 22.6 Å². The van der Waals surface area contributed by atoms with Crippen molar-refractivity contribution >= 4 is 30.9 Å². The van der Waals surface area contributed by atoms with Crippen LogP contribution in [0.5, 0.6) is 0 Å². The van der Waals surface area contributed by atoms with Crippen molar-refractivity contribution in [3.63, 3.8) is 0 Å². The van der Waals surface area contributed by atoms with Crippen LogP contribution in [0.1, 0.15) is 31.2 Å². The zero-order chi connectivity index (χ0) is 13.7. The molecule has 0 bridgehead atoms. The average molecular weight is 386 g/mol. The van der Waals surface area contributed by atoms with Crippen molar-refractivity contribution in [3.8, 4) is 0 Å². The Morgan fingerprint density at radius 1 is 1.21 bits per heavy atom. The molecule has 0 amide bonds. The third-order valence-electron chi connectivity index (χ3n) is 4.69. The minimum Gasteiger partial charge on any atom is -0.412 e. The van der Waals surface area contributed by atoms with Crippen LogP contribution < -0.4 is 0 Å². The summed E-state index contributed by atoms with van der Waals surface area (Å²) in [5, 5.41) is 0. The van der Waals surface area contributed by atoms with Crippen LogP contribution in [-0.2, 0) is 10.8 Å². The van der Waals surface area contributed by atoms with Gasteiger partial charge < -0.3 is 4.43 Å². The largest absolute Gasteiger partial charge is 0.412 e. The molecule has 3 heteroatoms. The van der Waals surface area contributed by atoms with Gasteiger partial charge in [-0.1, -0.05) is 18.2 Å². The molecule has 0 radical (unpaired) electrons. The quantitative estimate of drug-likeness (QED) is 0.523. The third-order valence-corrected chi connectivity index (χ3v) is 6.75. The van der Waals surface area contributed by atoms with Crippen molar-refractivity contribution in [2.24, 2.45) is 5.41 Å². The van der Waals surface area contributed by atoms with E-state index in [0.717, 1.165) is 0 Å². The smallest absolute Gasteiger partial charge is 0.184 e. The first kappa shape index (κ1) is 14.1.